The van der Waals surface area contributed by atoms with Gasteiger partial charge in [0.25, 0.3) is 0 Å². The Kier molecular flexibility index (Phi) is 5.66. The van der Waals surface area contributed by atoms with Gasteiger partial charge in [0, 0.05) is 50.5 Å². The van der Waals surface area contributed by atoms with Crippen LogP contribution in [-0.4, -0.2) is 52.4 Å². The molecule has 0 bridgehead atoms. The van der Waals surface area contributed by atoms with Crippen LogP contribution in [0.1, 0.15) is 5.56 Å². The van der Waals surface area contributed by atoms with Crippen molar-refractivity contribution >= 4 is 5.69 Å². The maximum absolute atomic E-state index is 5.36. The van der Waals surface area contributed by atoms with Crippen molar-refractivity contribution in [3.8, 4) is 17.2 Å². The van der Waals surface area contributed by atoms with Gasteiger partial charge in [-0.05, 0) is 29.8 Å². The first-order valence-corrected chi connectivity index (χ1v) is 8.55. The summed E-state index contributed by atoms with van der Waals surface area (Å²) < 4.78 is 16.1. The van der Waals surface area contributed by atoms with E-state index in [9.17, 15) is 0 Å². The first-order chi connectivity index (χ1) is 12.2. The van der Waals surface area contributed by atoms with Crippen LogP contribution in [0.4, 0.5) is 5.69 Å². The lowest BCUT2D eigenvalue weighted by molar-refractivity contribution is 0.249. The Morgan fingerprint density at radius 1 is 0.760 bits per heavy atom. The van der Waals surface area contributed by atoms with Crippen LogP contribution in [0.5, 0.6) is 17.2 Å². The lowest BCUT2D eigenvalue weighted by Gasteiger charge is -2.36. The number of piperazine rings is 1. The molecular formula is C20H26N2O3. The van der Waals surface area contributed by atoms with Crippen molar-refractivity contribution in [2.45, 2.75) is 6.54 Å². The number of methoxy groups -OCH3 is 3. The zero-order chi connectivity index (χ0) is 17.6. The van der Waals surface area contributed by atoms with Gasteiger partial charge in [-0.2, -0.15) is 0 Å². The number of benzene rings is 2. The van der Waals surface area contributed by atoms with E-state index in [-0.39, 0.29) is 0 Å². The molecule has 1 heterocycles. The summed E-state index contributed by atoms with van der Waals surface area (Å²) in [6, 6.07) is 14.3. The Hall–Kier alpha value is -2.40. The van der Waals surface area contributed by atoms with Gasteiger partial charge in [0.05, 0.1) is 21.3 Å². The molecule has 1 saturated heterocycles. The highest BCUT2D eigenvalue weighted by atomic mass is 16.5. The number of hydrogen-bond acceptors (Lipinski definition) is 5. The van der Waals surface area contributed by atoms with E-state index in [0.717, 1.165) is 50.0 Å². The average molecular weight is 342 g/mol. The molecule has 0 N–H and O–H groups in total. The van der Waals surface area contributed by atoms with Gasteiger partial charge in [-0.3, -0.25) is 4.90 Å². The lowest BCUT2D eigenvalue weighted by atomic mass is 10.1. The highest BCUT2D eigenvalue weighted by Crippen LogP contribution is 2.25. The van der Waals surface area contributed by atoms with Gasteiger partial charge in [0.15, 0.2) is 0 Å². The maximum atomic E-state index is 5.36. The van der Waals surface area contributed by atoms with Gasteiger partial charge in [-0.15, -0.1) is 0 Å². The minimum atomic E-state index is 0.837. The van der Waals surface area contributed by atoms with E-state index in [1.165, 1.54) is 11.3 Å². The molecule has 0 unspecified atom stereocenters. The maximum Gasteiger partial charge on any atom is 0.122 e. The van der Waals surface area contributed by atoms with Crippen LogP contribution < -0.4 is 19.1 Å². The molecule has 25 heavy (non-hydrogen) atoms. The highest BCUT2D eigenvalue weighted by Gasteiger charge is 2.18. The zero-order valence-corrected chi connectivity index (χ0v) is 15.2. The summed E-state index contributed by atoms with van der Waals surface area (Å²) in [6.45, 7) is 4.97. The molecule has 0 spiro atoms. The first-order valence-electron chi connectivity index (χ1n) is 8.55. The van der Waals surface area contributed by atoms with Crippen molar-refractivity contribution in [1.82, 2.24) is 4.90 Å². The monoisotopic (exact) mass is 342 g/mol. The van der Waals surface area contributed by atoms with E-state index in [2.05, 4.69) is 34.1 Å². The summed E-state index contributed by atoms with van der Waals surface area (Å²) in [5.41, 5.74) is 2.44. The van der Waals surface area contributed by atoms with Gasteiger partial charge >= 0.3 is 0 Å². The summed E-state index contributed by atoms with van der Waals surface area (Å²) in [5.74, 6) is 2.58. The molecule has 0 radical (unpaired) electrons. The average Bonchev–Trinajstić information content (AvgIpc) is 2.68. The summed E-state index contributed by atoms with van der Waals surface area (Å²) in [5, 5.41) is 0. The summed E-state index contributed by atoms with van der Waals surface area (Å²) in [7, 11) is 5.08. The molecule has 0 amide bonds. The van der Waals surface area contributed by atoms with E-state index < -0.39 is 0 Å². The predicted molar refractivity (Wildman–Crippen MR) is 100 cm³/mol. The van der Waals surface area contributed by atoms with Gasteiger partial charge in [-0.25, -0.2) is 0 Å². The van der Waals surface area contributed by atoms with Crippen molar-refractivity contribution in [2.24, 2.45) is 0 Å². The molecule has 3 rings (SSSR count). The number of hydrogen-bond donors (Lipinski definition) is 0. The molecule has 2 aromatic carbocycles. The van der Waals surface area contributed by atoms with Gasteiger partial charge < -0.3 is 19.1 Å². The lowest BCUT2D eigenvalue weighted by Crippen LogP contribution is -2.45. The largest absolute Gasteiger partial charge is 0.497 e. The summed E-state index contributed by atoms with van der Waals surface area (Å²) in [6.07, 6.45) is 0. The Morgan fingerprint density at radius 3 is 2.00 bits per heavy atom. The van der Waals surface area contributed by atoms with Crippen LogP contribution in [0.25, 0.3) is 0 Å². The minimum absolute atomic E-state index is 0.837. The van der Waals surface area contributed by atoms with E-state index in [1.807, 2.05) is 18.2 Å². The van der Waals surface area contributed by atoms with Gasteiger partial charge in [-0.1, -0.05) is 6.07 Å². The van der Waals surface area contributed by atoms with Crippen molar-refractivity contribution in [2.75, 3.05) is 52.4 Å². The molecule has 0 aliphatic carbocycles. The standard InChI is InChI=1S/C20H26N2O3/c1-23-18-6-4-5-17(13-18)22-9-7-21(8-10-22)15-16-11-19(24-2)14-20(12-16)25-3/h4-6,11-14H,7-10,15H2,1-3H3. The number of rotatable bonds is 6. The number of ether oxygens (including phenoxy) is 3. The van der Waals surface area contributed by atoms with E-state index in [1.54, 1.807) is 21.3 Å². The molecule has 5 nitrogen and oxygen atoms in total. The molecule has 1 fully saturated rings. The Morgan fingerprint density at radius 2 is 1.40 bits per heavy atom. The Labute approximate surface area is 149 Å². The van der Waals surface area contributed by atoms with Crippen LogP contribution in [0.2, 0.25) is 0 Å². The zero-order valence-electron chi connectivity index (χ0n) is 15.2. The second kappa shape index (κ2) is 8.12. The third-order valence-corrected chi connectivity index (χ3v) is 4.61. The smallest absolute Gasteiger partial charge is 0.122 e. The number of nitrogens with zero attached hydrogens (tertiary/aromatic N) is 2. The molecular weight excluding hydrogens is 316 g/mol. The number of anilines is 1. The van der Waals surface area contributed by atoms with Crippen molar-refractivity contribution in [1.29, 1.82) is 0 Å². The quantitative estimate of drug-likeness (QED) is 0.806. The van der Waals surface area contributed by atoms with Crippen LogP contribution in [-0.2, 0) is 6.54 Å². The second-order valence-electron chi connectivity index (χ2n) is 6.19. The molecule has 0 atom stereocenters. The third-order valence-electron chi connectivity index (χ3n) is 4.61. The fourth-order valence-electron chi connectivity index (χ4n) is 3.19. The molecule has 5 heteroatoms. The molecule has 2 aromatic rings. The highest BCUT2D eigenvalue weighted by molar-refractivity contribution is 5.51. The summed E-state index contributed by atoms with van der Waals surface area (Å²) >= 11 is 0. The fraction of sp³-hybridized carbons (Fsp3) is 0.400. The molecule has 0 aromatic heterocycles. The molecule has 1 aliphatic rings. The van der Waals surface area contributed by atoms with Gasteiger partial charge in [0.2, 0.25) is 0 Å². The van der Waals surface area contributed by atoms with Crippen LogP contribution in [0, 0.1) is 0 Å². The summed E-state index contributed by atoms with van der Waals surface area (Å²) in [4.78, 5) is 4.87. The van der Waals surface area contributed by atoms with Crippen LogP contribution in [0.15, 0.2) is 42.5 Å². The van der Waals surface area contributed by atoms with Crippen molar-refractivity contribution in [3.63, 3.8) is 0 Å². The first kappa shape index (κ1) is 17.4. The third kappa shape index (κ3) is 4.37. The van der Waals surface area contributed by atoms with Gasteiger partial charge in [0.1, 0.15) is 17.2 Å². The van der Waals surface area contributed by atoms with E-state index >= 15 is 0 Å². The molecule has 134 valence electrons. The SMILES string of the molecule is COc1cc(CN2CCN(c3cccc(OC)c3)CC2)cc(OC)c1. The minimum Gasteiger partial charge on any atom is -0.497 e. The van der Waals surface area contributed by atoms with Crippen molar-refractivity contribution in [3.05, 3.63) is 48.0 Å². The Balaban J connectivity index is 1.61. The normalized spacial score (nSPS) is 15.1. The predicted octanol–water partition coefficient (Wildman–Crippen LogP) is 3.03. The Bertz CT molecular complexity index is 675. The second-order valence-corrected chi connectivity index (χ2v) is 6.19. The van der Waals surface area contributed by atoms with Crippen LogP contribution in [0.3, 0.4) is 0 Å². The molecule has 1 aliphatic heterocycles. The van der Waals surface area contributed by atoms with Crippen LogP contribution >= 0.6 is 0 Å². The van der Waals surface area contributed by atoms with E-state index in [4.69, 9.17) is 14.2 Å². The van der Waals surface area contributed by atoms with E-state index in [0.29, 0.717) is 0 Å². The van der Waals surface area contributed by atoms with Crippen molar-refractivity contribution < 1.29 is 14.2 Å². The fourth-order valence-corrected chi connectivity index (χ4v) is 3.19. The molecule has 0 saturated carbocycles. The topological polar surface area (TPSA) is 34.2 Å².